The molecule has 0 fully saturated rings. The van der Waals surface area contributed by atoms with E-state index in [2.05, 4.69) is 19.9 Å². The monoisotopic (exact) mass is 387 g/mol. The first kappa shape index (κ1) is 19.4. The Kier molecular flexibility index (Phi) is 5.04. The largest absolute Gasteiger partial charge is 0.507 e. The van der Waals surface area contributed by atoms with Crippen molar-refractivity contribution in [3.63, 3.8) is 0 Å². The Hall–Kier alpha value is -2.34. The Labute approximate surface area is 160 Å². The van der Waals surface area contributed by atoms with Gasteiger partial charge >= 0.3 is 0 Å². The lowest BCUT2D eigenvalue weighted by Gasteiger charge is -2.39. The van der Waals surface area contributed by atoms with Gasteiger partial charge in [0.25, 0.3) is 10.0 Å². The molecule has 3 rings (SSSR count). The average Bonchev–Trinajstić information content (AvgIpc) is 2.61. The fraction of sp³-hybridized carbons (Fsp3) is 0.381. The third kappa shape index (κ3) is 3.34. The number of phenolic OH excluding ortho intramolecular Hbond substituents is 1. The van der Waals surface area contributed by atoms with Crippen molar-refractivity contribution in [1.29, 1.82) is 0 Å². The fourth-order valence-corrected chi connectivity index (χ4v) is 5.55. The van der Waals surface area contributed by atoms with Crippen LogP contribution in [0.2, 0.25) is 0 Å². The highest BCUT2D eigenvalue weighted by atomic mass is 32.2. The van der Waals surface area contributed by atoms with Crippen LogP contribution in [-0.4, -0.2) is 25.3 Å². The molecule has 144 valence electrons. The molecule has 0 saturated carbocycles. The van der Waals surface area contributed by atoms with Crippen molar-refractivity contribution in [2.45, 2.75) is 57.4 Å². The van der Waals surface area contributed by atoms with Crippen LogP contribution in [0.4, 0.5) is 5.69 Å². The number of Topliss-reactive ketones (excluding diaryl/α,β-unsaturated/α-hetero) is 1. The van der Waals surface area contributed by atoms with Crippen molar-refractivity contribution in [3.05, 3.63) is 53.1 Å². The lowest BCUT2D eigenvalue weighted by molar-refractivity contribution is 0.101. The Morgan fingerprint density at radius 2 is 1.89 bits per heavy atom. The van der Waals surface area contributed by atoms with Crippen LogP contribution in [0, 0.1) is 0 Å². The highest BCUT2D eigenvalue weighted by Gasteiger charge is 2.36. The van der Waals surface area contributed by atoms with E-state index in [-0.39, 0.29) is 34.0 Å². The van der Waals surface area contributed by atoms with E-state index in [9.17, 15) is 18.3 Å². The van der Waals surface area contributed by atoms with Crippen LogP contribution in [0.15, 0.2) is 41.3 Å². The topological polar surface area (TPSA) is 74.7 Å². The molecule has 0 spiro atoms. The molecule has 2 aromatic rings. The van der Waals surface area contributed by atoms with Gasteiger partial charge in [0.05, 0.1) is 16.1 Å². The van der Waals surface area contributed by atoms with Gasteiger partial charge in [-0.05, 0) is 68.0 Å². The van der Waals surface area contributed by atoms with E-state index in [0.717, 1.165) is 18.4 Å². The average molecular weight is 388 g/mol. The number of anilines is 1. The van der Waals surface area contributed by atoms with Crippen molar-refractivity contribution in [2.24, 2.45) is 0 Å². The molecule has 2 atom stereocenters. The predicted molar refractivity (Wildman–Crippen MR) is 106 cm³/mol. The number of benzene rings is 2. The second kappa shape index (κ2) is 7.00. The molecule has 1 aliphatic rings. The molecule has 2 aromatic carbocycles. The van der Waals surface area contributed by atoms with Gasteiger partial charge in [0, 0.05) is 6.04 Å². The highest BCUT2D eigenvalue weighted by Crippen LogP contribution is 2.42. The maximum Gasteiger partial charge on any atom is 0.264 e. The smallest absolute Gasteiger partial charge is 0.264 e. The fourth-order valence-electron chi connectivity index (χ4n) is 3.83. The van der Waals surface area contributed by atoms with E-state index >= 15 is 0 Å². The summed E-state index contributed by atoms with van der Waals surface area (Å²) < 4.78 is 28.3. The summed E-state index contributed by atoms with van der Waals surface area (Å²) in [7, 11) is -3.87. The minimum Gasteiger partial charge on any atom is -0.507 e. The zero-order valence-electron chi connectivity index (χ0n) is 16.1. The summed E-state index contributed by atoms with van der Waals surface area (Å²) in [5, 5.41) is 9.85. The molecule has 1 aliphatic heterocycles. The first-order valence-corrected chi connectivity index (χ1v) is 10.6. The number of aryl methyl sites for hydroxylation is 1. The third-order valence-corrected chi connectivity index (χ3v) is 7.19. The number of fused-ring (bicyclic) bond motifs is 1. The summed E-state index contributed by atoms with van der Waals surface area (Å²) in [5.74, 6) is -0.326. The Morgan fingerprint density at radius 1 is 1.19 bits per heavy atom. The molecule has 0 aromatic heterocycles. The van der Waals surface area contributed by atoms with Gasteiger partial charge in [-0.1, -0.05) is 26.0 Å². The zero-order chi connectivity index (χ0) is 19.9. The molecular weight excluding hydrogens is 362 g/mol. The van der Waals surface area contributed by atoms with Crippen LogP contribution in [-0.2, 0) is 16.4 Å². The summed E-state index contributed by atoms with van der Waals surface area (Å²) >= 11 is 0. The number of sulfonamides is 1. The molecule has 1 N–H and O–H groups in total. The molecule has 2 unspecified atom stereocenters. The Balaban J connectivity index is 2.16. The molecule has 0 aliphatic carbocycles. The van der Waals surface area contributed by atoms with Gasteiger partial charge in [0.1, 0.15) is 5.75 Å². The lowest BCUT2D eigenvalue weighted by Crippen LogP contribution is -2.42. The number of rotatable bonds is 4. The zero-order valence-corrected chi connectivity index (χ0v) is 16.9. The summed E-state index contributed by atoms with van der Waals surface area (Å²) in [6, 6.07) is 9.60. The van der Waals surface area contributed by atoms with Crippen LogP contribution < -0.4 is 4.31 Å². The molecule has 0 amide bonds. The van der Waals surface area contributed by atoms with Crippen LogP contribution in [0.1, 0.15) is 61.5 Å². The summed E-state index contributed by atoms with van der Waals surface area (Å²) in [5.41, 5.74) is 2.91. The summed E-state index contributed by atoms with van der Waals surface area (Å²) in [4.78, 5) is 11.7. The van der Waals surface area contributed by atoms with Gasteiger partial charge in [0.15, 0.2) is 5.78 Å². The van der Waals surface area contributed by atoms with Gasteiger partial charge in [-0.3, -0.25) is 9.10 Å². The number of carbonyl (C=O) groups excluding carboxylic acids is 1. The Morgan fingerprint density at radius 3 is 2.52 bits per heavy atom. The second-order valence-corrected chi connectivity index (χ2v) is 9.08. The van der Waals surface area contributed by atoms with E-state index in [1.165, 1.54) is 35.0 Å². The summed E-state index contributed by atoms with van der Waals surface area (Å²) in [6.07, 6.45) is 1.61. The van der Waals surface area contributed by atoms with Gasteiger partial charge in [-0.25, -0.2) is 8.42 Å². The van der Waals surface area contributed by atoms with E-state index in [0.29, 0.717) is 5.69 Å². The molecule has 1 heterocycles. The van der Waals surface area contributed by atoms with Crippen LogP contribution >= 0.6 is 0 Å². The summed E-state index contributed by atoms with van der Waals surface area (Å²) in [6.45, 7) is 7.40. The quantitative estimate of drug-likeness (QED) is 0.796. The first-order valence-electron chi connectivity index (χ1n) is 9.18. The number of ketones is 1. The van der Waals surface area contributed by atoms with E-state index in [1.807, 2.05) is 19.1 Å². The SMILES string of the molecule is CCc1ccc2c(c1)C(C)CC(C)N2S(=O)(=O)c1ccc(O)c(C(C)=O)c1. The van der Waals surface area contributed by atoms with Crippen LogP contribution in [0.3, 0.4) is 0 Å². The molecule has 0 bridgehead atoms. The number of nitrogens with zero attached hydrogens (tertiary/aromatic N) is 1. The molecular formula is C21H25NO4S. The molecule has 27 heavy (non-hydrogen) atoms. The van der Waals surface area contributed by atoms with Crippen molar-refractivity contribution >= 4 is 21.5 Å². The lowest BCUT2D eigenvalue weighted by atomic mass is 9.87. The van der Waals surface area contributed by atoms with Crippen LogP contribution in [0.5, 0.6) is 5.75 Å². The van der Waals surface area contributed by atoms with Gasteiger partial charge in [0.2, 0.25) is 0 Å². The number of carbonyl (C=O) groups is 1. The Bertz CT molecular complexity index is 997. The number of hydrogen-bond acceptors (Lipinski definition) is 4. The van der Waals surface area contributed by atoms with Crippen LogP contribution in [0.25, 0.3) is 0 Å². The van der Waals surface area contributed by atoms with E-state index < -0.39 is 10.0 Å². The van der Waals surface area contributed by atoms with Crippen molar-refractivity contribution < 1.29 is 18.3 Å². The van der Waals surface area contributed by atoms with E-state index in [1.54, 1.807) is 0 Å². The second-order valence-electron chi connectivity index (χ2n) is 7.27. The number of hydrogen-bond donors (Lipinski definition) is 1. The van der Waals surface area contributed by atoms with Gasteiger partial charge < -0.3 is 5.11 Å². The highest BCUT2D eigenvalue weighted by molar-refractivity contribution is 7.92. The standard InChI is InChI=1S/C21H25NO4S/c1-5-16-6-8-20-18(11-16)13(2)10-14(3)22(20)27(25,26)17-7-9-21(24)19(12-17)15(4)23/h6-9,11-14,24H,5,10H2,1-4H3. The third-order valence-electron chi connectivity index (χ3n) is 5.27. The van der Waals surface area contributed by atoms with Crippen molar-refractivity contribution in [3.8, 4) is 5.75 Å². The maximum absolute atomic E-state index is 13.4. The normalized spacial score (nSPS) is 19.6. The molecule has 0 radical (unpaired) electrons. The first-order chi connectivity index (χ1) is 12.7. The number of aromatic hydroxyl groups is 1. The van der Waals surface area contributed by atoms with Gasteiger partial charge in [-0.2, -0.15) is 0 Å². The van der Waals surface area contributed by atoms with Crippen molar-refractivity contribution in [1.82, 2.24) is 0 Å². The minimum absolute atomic E-state index is 0.00987. The van der Waals surface area contributed by atoms with Crippen molar-refractivity contribution in [2.75, 3.05) is 4.31 Å². The minimum atomic E-state index is -3.87. The molecule has 6 heteroatoms. The number of phenols is 1. The predicted octanol–water partition coefficient (Wildman–Crippen LogP) is 4.25. The molecule has 0 saturated heterocycles. The molecule has 5 nitrogen and oxygen atoms in total. The van der Waals surface area contributed by atoms with E-state index in [4.69, 9.17) is 0 Å². The maximum atomic E-state index is 13.4. The van der Waals surface area contributed by atoms with Gasteiger partial charge in [-0.15, -0.1) is 0 Å².